The minimum Gasteiger partial charge on any atom is -0.370 e. The van der Waals surface area contributed by atoms with Gasteiger partial charge in [0.15, 0.2) is 0 Å². The van der Waals surface area contributed by atoms with Crippen LogP contribution in [-0.4, -0.2) is 50.1 Å². The number of sulfonamides is 1. The first-order valence-corrected chi connectivity index (χ1v) is 14.6. The Hall–Kier alpha value is -1.03. The molecule has 0 unspecified atom stereocenters. The number of nitrogens with one attached hydrogen (secondary N) is 1. The van der Waals surface area contributed by atoms with Crippen molar-refractivity contribution < 1.29 is 13.2 Å². The lowest BCUT2D eigenvalue weighted by atomic mass is 9.77. The molecular weight excluding hydrogens is 478 g/mol. The van der Waals surface area contributed by atoms with E-state index in [4.69, 9.17) is 16.3 Å². The number of ether oxygens (including phenoxy) is 1. The van der Waals surface area contributed by atoms with E-state index in [9.17, 15) is 8.42 Å². The smallest absolute Gasteiger partial charge is 0.242 e. The van der Waals surface area contributed by atoms with Crippen LogP contribution in [0.1, 0.15) is 54.8 Å². The lowest BCUT2D eigenvalue weighted by Gasteiger charge is -2.49. The monoisotopic (exact) mass is 509 g/mol. The molecule has 0 amide bonds. The maximum Gasteiger partial charge on any atom is 0.242 e. The fourth-order valence-electron chi connectivity index (χ4n) is 5.69. The lowest BCUT2D eigenvalue weighted by Crippen LogP contribution is -2.54. The predicted molar refractivity (Wildman–Crippen MR) is 131 cm³/mol. The number of hydrogen-bond donors (Lipinski definition) is 1. The summed E-state index contributed by atoms with van der Waals surface area (Å²) >= 11 is 7.87. The molecule has 1 aliphatic carbocycles. The maximum atomic E-state index is 12.6. The molecule has 180 valence electrons. The van der Waals surface area contributed by atoms with Gasteiger partial charge in [0.1, 0.15) is 4.90 Å². The van der Waals surface area contributed by atoms with Crippen molar-refractivity contribution in [1.82, 2.24) is 14.6 Å². The highest BCUT2D eigenvalue weighted by atomic mass is 35.5. The van der Waals surface area contributed by atoms with Crippen molar-refractivity contribution >= 4 is 33.0 Å². The summed E-state index contributed by atoms with van der Waals surface area (Å²) in [6.45, 7) is 7.42. The molecule has 2 aromatic heterocycles. The average Bonchev–Trinajstić information content (AvgIpc) is 3.19. The molecule has 33 heavy (non-hydrogen) atoms. The van der Waals surface area contributed by atoms with Gasteiger partial charge in [0.2, 0.25) is 10.0 Å². The molecule has 5 rings (SSSR count). The summed E-state index contributed by atoms with van der Waals surface area (Å²) in [5, 5.41) is 0.323. The second-order valence-electron chi connectivity index (χ2n) is 9.79. The summed E-state index contributed by atoms with van der Waals surface area (Å²) in [5.74, 6) is 0.516. The van der Waals surface area contributed by atoms with Crippen molar-refractivity contribution in [3.8, 4) is 0 Å². The van der Waals surface area contributed by atoms with Crippen LogP contribution in [0, 0.1) is 5.92 Å². The van der Waals surface area contributed by atoms with Crippen LogP contribution in [-0.2, 0) is 33.2 Å². The topological polar surface area (TPSA) is 71.5 Å². The first kappa shape index (κ1) is 23.7. The van der Waals surface area contributed by atoms with Gasteiger partial charge >= 0.3 is 0 Å². The van der Waals surface area contributed by atoms with Crippen molar-refractivity contribution in [2.24, 2.45) is 5.92 Å². The molecule has 6 nitrogen and oxygen atoms in total. The Morgan fingerprint density at radius 1 is 1.33 bits per heavy atom. The highest BCUT2D eigenvalue weighted by molar-refractivity contribution is 7.89. The molecule has 4 heterocycles. The van der Waals surface area contributed by atoms with Gasteiger partial charge in [0, 0.05) is 53.7 Å². The van der Waals surface area contributed by atoms with Crippen LogP contribution in [0.4, 0.5) is 0 Å². The van der Waals surface area contributed by atoms with Gasteiger partial charge in [0.25, 0.3) is 0 Å². The SMILES string of the molecule is CCc1cc2c(s1)CCO[C@@]21CCN(CC2CC(NS(=O)(=O)c3cncc(Cl)c3)C2)[C@@H](C)C1. The Balaban J connectivity index is 1.15. The Labute approximate surface area is 205 Å². The van der Waals surface area contributed by atoms with E-state index < -0.39 is 10.0 Å². The molecule has 1 spiro atoms. The Morgan fingerprint density at radius 2 is 2.15 bits per heavy atom. The van der Waals surface area contributed by atoms with Gasteiger partial charge in [-0.25, -0.2) is 13.1 Å². The summed E-state index contributed by atoms with van der Waals surface area (Å²) in [6.07, 6.45) is 8.72. The molecule has 2 fully saturated rings. The van der Waals surface area contributed by atoms with E-state index in [0.717, 1.165) is 58.2 Å². The van der Waals surface area contributed by atoms with Crippen molar-refractivity contribution in [3.63, 3.8) is 0 Å². The largest absolute Gasteiger partial charge is 0.370 e. The van der Waals surface area contributed by atoms with Crippen molar-refractivity contribution in [2.45, 2.75) is 75.0 Å². The van der Waals surface area contributed by atoms with Crippen molar-refractivity contribution in [3.05, 3.63) is 44.9 Å². The van der Waals surface area contributed by atoms with Gasteiger partial charge in [-0.15, -0.1) is 11.3 Å². The van der Waals surface area contributed by atoms with E-state index in [1.807, 2.05) is 11.3 Å². The molecule has 2 atom stereocenters. The van der Waals surface area contributed by atoms with E-state index in [1.54, 1.807) is 0 Å². The third-order valence-electron chi connectivity index (χ3n) is 7.50. The molecule has 2 aliphatic heterocycles. The first-order valence-electron chi connectivity index (χ1n) is 11.9. The van der Waals surface area contributed by atoms with Crippen LogP contribution >= 0.6 is 22.9 Å². The summed E-state index contributed by atoms with van der Waals surface area (Å²) < 4.78 is 34.5. The summed E-state index contributed by atoms with van der Waals surface area (Å²) in [4.78, 5) is 9.59. The fourth-order valence-corrected chi connectivity index (χ4v) is 8.35. The minimum absolute atomic E-state index is 0.0204. The zero-order valence-electron chi connectivity index (χ0n) is 19.2. The lowest BCUT2D eigenvalue weighted by molar-refractivity contribution is -0.114. The number of piperidine rings is 1. The molecule has 1 N–H and O–H groups in total. The summed E-state index contributed by atoms with van der Waals surface area (Å²) in [6, 6.07) is 4.27. The van der Waals surface area contributed by atoms with Crippen molar-refractivity contribution in [2.75, 3.05) is 19.7 Å². The maximum absolute atomic E-state index is 12.6. The van der Waals surface area contributed by atoms with Crippen molar-refractivity contribution in [1.29, 1.82) is 0 Å². The fraction of sp³-hybridized carbons (Fsp3) is 0.625. The van der Waals surface area contributed by atoms with Crippen LogP contribution in [0.25, 0.3) is 0 Å². The molecule has 0 aromatic carbocycles. The van der Waals surface area contributed by atoms with Crippen LogP contribution in [0.2, 0.25) is 5.02 Å². The predicted octanol–water partition coefficient (Wildman–Crippen LogP) is 4.37. The molecule has 1 saturated heterocycles. The standard InChI is InChI=1S/C24H32ClN3O3S2/c1-3-20-11-22-23(32-20)4-7-31-24(22)5-6-28(16(2)12-24)15-17-8-19(9-17)27-33(29,30)21-10-18(25)13-26-14-21/h10-11,13-14,16-17,19,27H,3-9,12,15H2,1-2H3/t16-,17?,19?,24+/m0/s1. The molecule has 9 heteroatoms. The Kier molecular flexibility index (Phi) is 6.61. The van der Waals surface area contributed by atoms with Crippen LogP contribution in [0.3, 0.4) is 0 Å². The second-order valence-corrected chi connectivity index (χ2v) is 13.2. The van der Waals surface area contributed by atoms with E-state index in [1.165, 1.54) is 33.8 Å². The molecular formula is C24H32ClN3O3S2. The van der Waals surface area contributed by atoms with Gasteiger partial charge in [-0.05, 0) is 62.6 Å². The van der Waals surface area contributed by atoms with Crippen LogP contribution in [0.5, 0.6) is 0 Å². The number of aryl methyl sites for hydroxylation is 1. The molecule has 0 radical (unpaired) electrons. The van der Waals surface area contributed by atoms with Crippen LogP contribution < -0.4 is 4.72 Å². The number of halogens is 1. The number of aromatic nitrogens is 1. The first-order chi connectivity index (χ1) is 15.8. The normalized spacial score (nSPS) is 30.2. The van der Waals surface area contributed by atoms with Gasteiger partial charge < -0.3 is 9.64 Å². The molecule has 1 saturated carbocycles. The highest BCUT2D eigenvalue weighted by Crippen LogP contribution is 2.46. The van der Waals surface area contributed by atoms with Crippen LogP contribution in [0.15, 0.2) is 29.4 Å². The zero-order chi connectivity index (χ0) is 23.2. The van der Waals surface area contributed by atoms with E-state index in [-0.39, 0.29) is 16.5 Å². The Bertz CT molecular complexity index is 1120. The van der Waals surface area contributed by atoms with E-state index in [2.05, 4.69) is 34.5 Å². The minimum atomic E-state index is -3.58. The second kappa shape index (κ2) is 9.21. The molecule has 3 aliphatic rings. The average molecular weight is 510 g/mol. The van der Waals surface area contributed by atoms with Gasteiger partial charge in [-0.2, -0.15) is 0 Å². The van der Waals surface area contributed by atoms with E-state index in [0.29, 0.717) is 17.0 Å². The Morgan fingerprint density at radius 3 is 2.88 bits per heavy atom. The number of nitrogens with zero attached hydrogens (tertiary/aromatic N) is 2. The third kappa shape index (κ3) is 4.75. The zero-order valence-corrected chi connectivity index (χ0v) is 21.6. The van der Waals surface area contributed by atoms with E-state index >= 15 is 0 Å². The highest BCUT2D eigenvalue weighted by Gasteiger charge is 2.45. The number of pyridine rings is 1. The number of rotatable bonds is 6. The third-order valence-corrected chi connectivity index (χ3v) is 10.5. The van der Waals surface area contributed by atoms with Gasteiger partial charge in [-0.3, -0.25) is 4.98 Å². The molecule has 2 aromatic rings. The summed E-state index contributed by atoms with van der Waals surface area (Å²) in [7, 11) is -3.58. The number of fused-ring (bicyclic) bond motifs is 2. The summed E-state index contributed by atoms with van der Waals surface area (Å²) in [5.41, 5.74) is 1.34. The number of likely N-dealkylation sites (tertiary alicyclic amines) is 1. The number of hydrogen-bond acceptors (Lipinski definition) is 6. The van der Waals surface area contributed by atoms with Gasteiger partial charge in [0.05, 0.1) is 17.2 Å². The quantitative estimate of drug-likeness (QED) is 0.626. The number of thiophene rings is 1. The van der Waals surface area contributed by atoms with Gasteiger partial charge in [-0.1, -0.05) is 18.5 Å². The molecule has 0 bridgehead atoms.